The van der Waals surface area contributed by atoms with Crippen molar-refractivity contribution in [3.8, 4) is 0 Å². The molecule has 0 fully saturated rings. The molecular formula is C10H13BrF2N2O2S. The first-order chi connectivity index (χ1) is 8.38. The molecule has 0 saturated carbocycles. The smallest absolute Gasteiger partial charge is 0.243 e. The summed E-state index contributed by atoms with van der Waals surface area (Å²) in [5.41, 5.74) is 0. The summed E-state index contributed by atoms with van der Waals surface area (Å²) < 4.78 is 52.1. The van der Waals surface area contributed by atoms with Crippen molar-refractivity contribution in [2.75, 3.05) is 20.1 Å². The Morgan fingerprint density at radius 1 is 1.22 bits per heavy atom. The molecule has 0 heterocycles. The molecule has 0 amide bonds. The zero-order valence-corrected chi connectivity index (χ0v) is 12.0. The van der Waals surface area contributed by atoms with E-state index in [1.807, 2.05) is 0 Å². The topological polar surface area (TPSA) is 58.2 Å². The third-order valence-corrected chi connectivity index (χ3v) is 4.24. The number of benzene rings is 1. The Morgan fingerprint density at radius 2 is 1.89 bits per heavy atom. The number of halogens is 3. The van der Waals surface area contributed by atoms with Gasteiger partial charge < -0.3 is 5.32 Å². The molecule has 1 aromatic carbocycles. The fourth-order valence-corrected chi connectivity index (χ4v) is 2.91. The molecular weight excluding hydrogens is 330 g/mol. The van der Waals surface area contributed by atoms with E-state index >= 15 is 0 Å². The maximum absolute atomic E-state index is 13.4. The predicted octanol–water partition coefficient (Wildman–Crippen LogP) is 1.62. The van der Waals surface area contributed by atoms with Crippen molar-refractivity contribution in [3.63, 3.8) is 0 Å². The van der Waals surface area contributed by atoms with Crippen molar-refractivity contribution in [2.24, 2.45) is 0 Å². The zero-order chi connectivity index (χ0) is 13.8. The van der Waals surface area contributed by atoms with E-state index in [0.717, 1.165) is 6.07 Å². The van der Waals surface area contributed by atoms with Crippen LogP contribution in [0.2, 0.25) is 0 Å². The molecule has 1 rings (SSSR count). The summed E-state index contributed by atoms with van der Waals surface area (Å²) in [6.45, 7) is 0.815. The third kappa shape index (κ3) is 3.98. The molecule has 8 heteroatoms. The first-order valence-corrected chi connectivity index (χ1v) is 7.45. The van der Waals surface area contributed by atoms with Crippen LogP contribution in [0, 0.1) is 11.6 Å². The maximum Gasteiger partial charge on any atom is 0.243 e. The van der Waals surface area contributed by atoms with Crippen LogP contribution in [-0.4, -0.2) is 28.6 Å². The largest absolute Gasteiger partial charge is 0.320 e. The van der Waals surface area contributed by atoms with Gasteiger partial charge >= 0.3 is 0 Å². The van der Waals surface area contributed by atoms with Crippen LogP contribution in [0.1, 0.15) is 6.42 Å². The number of hydrogen-bond donors (Lipinski definition) is 2. The first kappa shape index (κ1) is 15.5. The minimum Gasteiger partial charge on any atom is -0.320 e. The van der Waals surface area contributed by atoms with Crippen LogP contribution in [0.3, 0.4) is 0 Å². The van der Waals surface area contributed by atoms with Crippen LogP contribution in [-0.2, 0) is 10.0 Å². The highest BCUT2D eigenvalue weighted by atomic mass is 79.9. The zero-order valence-electron chi connectivity index (χ0n) is 9.63. The summed E-state index contributed by atoms with van der Waals surface area (Å²) in [4.78, 5) is -0.569. The molecule has 102 valence electrons. The van der Waals surface area contributed by atoms with Gasteiger partial charge in [-0.3, -0.25) is 0 Å². The summed E-state index contributed by atoms with van der Waals surface area (Å²) >= 11 is 2.82. The molecule has 0 unspecified atom stereocenters. The molecule has 0 saturated heterocycles. The average molecular weight is 343 g/mol. The Balaban J connectivity index is 2.88. The van der Waals surface area contributed by atoms with Gasteiger partial charge in [0.1, 0.15) is 16.5 Å². The van der Waals surface area contributed by atoms with E-state index in [0.29, 0.717) is 19.0 Å². The standard InChI is InChI=1S/C10H13BrF2N2O2S/c1-14-3-2-4-15-18(16,17)10-5-7(11)8(12)6-9(10)13/h5-6,14-15H,2-4H2,1H3. The Hall–Kier alpha value is -0.570. The number of rotatable bonds is 6. The van der Waals surface area contributed by atoms with Crippen molar-refractivity contribution < 1.29 is 17.2 Å². The normalized spacial score (nSPS) is 11.8. The number of hydrogen-bond acceptors (Lipinski definition) is 3. The first-order valence-electron chi connectivity index (χ1n) is 5.17. The van der Waals surface area contributed by atoms with Crippen molar-refractivity contribution in [1.29, 1.82) is 0 Å². The van der Waals surface area contributed by atoms with Crippen molar-refractivity contribution in [2.45, 2.75) is 11.3 Å². The second-order valence-corrected chi connectivity index (χ2v) is 6.14. The van der Waals surface area contributed by atoms with E-state index in [9.17, 15) is 17.2 Å². The molecule has 0 aliphatic carbocycles. The van der Waals surface area contributed by atoms with E-state index in [1.165, 1.54) is 0 Å². The summed E-state index contributed by atoms with van der Waals surface area (Å²) in [6, 6.07) is 1.44. The van der Waals surface area contributed by atoms with Crippen LogP contribution in [0.5, 0.6) is 0 Å². The van der Waals surface area contributed by atoms with Gasteiger partial charge in [-0.25, -0.2) is 21.9 Å². The summed E-state index contributed by atoms with van der Waals surface area (Å²) in [6.07, 6.45) is 0.569. The fraction of sp³-hybridized carbons (Fsp3) is 0.400. The lowest BCUT2D eigenvalue weighted by Crippen LogP contribution is -2.27. The highest BCUT2D eigenvalue weighted by molar-refractivity contribution is 9.10. The SMILES string of the molecule is CNCCCNS(=O)(=O)c1cc(Br)c(F)cc1F. The van der Waals surface area contributed by atoms with Crippen LogP contribution < -0.4 is 10.0 Å². The van der Waals surface area contributed by atoms with Crippen molar-refractivity contribution >= 4 is 26.0 Å². The highest BCUT2D eigenvalue weighted by Gasteiger charge is 2.20. The van der Waals surface area contributed by atoms with Gasteiger partial charge in [-0.15, -0.1) is 0 Å². The van der Waals surface area contributed by atoms with Gasteiger partial charge in [0, 0.05) is 12.6 Å². The minimum absolute atomic E-state index is 0.0977. The lowest BCUT2D eigenvalue weighted by Gasteiger charge is -2.08. The molecule has 18 heavy (non-hydrogen) atoms. The molecule has 0 radical (unpaired) electrons. The number of sulfonamides is 1. The highest BCUT2D eigenvalue weighted by Crippen LogP contribution is 2.23. The predicted molar refractivity (Wildman–Crippen MR) is 67.8 cm³/mol. The molecule has 0 bridgehead atoms. The van der Waals surface area contributed by atoms with E-state index in [4.69, 9.17) is 0 Å². The van der Waals surface area contributed by atoms with Gasteiger partial charge in [0.2, 0.25) is 10.0 Å². The van der Waals surface area contributed by atoms with Crippen molar-refractivity contribution in [1.82, 2.24) is 10.0 Å². The van der Waals surface area contributed by atoms with Gasteiger partial charge in [-0.05, 0) is 42.0 Å². The van der Waals surface area contributed by atoms with Crippen molar-refractivity contribution in [3.05, 3.63) is 28.2 Å². The average Bonchev–Trinajstić information content (AvgIpc) is 2.29. The summed E-state index contributed by atoms with van der Waals surface area (Å²) in [5, 5.41) is 2.86. The molecule has 0 aromatic heterocycles. The van der Waals surface area contributed by atoms with Gasteiger partial charge in [-0.2, -0.15) is 0 Å². The molecule has 0 spiro atoms. The molecule has 0 atom stereocenters. The fourth-order valence-electron chi connectivity index (χ4n) is 1.26. The summed E-state index contributed by atoms with van der Waals surface area (Å²) in [5.74, 6) is -1.96. The Labute approximate surface area is 113 Å². The Morgan fingerprint density at radius 3 is 2.50 bits per heavy atom. The lowest BCUT2D eigenvalue weighted by atomic mass is 10.3. The number of nitrogens with one attached hydrogen (secondary N) is 2. The molecule has 4 nitrogen and oxygen atoms in total. The Kier molecular flexibility index (Phi) is 5.64. The van der Waals surface area contributed by atoms with Crippen LogP contribution >= 0.6 is 15.9 Å². The molecule has 1 aromatic rings. The van der Waals surface area contributed by atoms with E-state index in [1.54, 1.807) is 7.05 Å². The van der Waals surface area contributed by atoms with Gasteiger partial charge in [-0.1, -0.05) is 0 Å². The van der Waals surface area contributed by atoms with E-state index in [-0.39, 0.29) is 11.0 Å². The Bertz CT molecular complexity index is 523. The van der Waals surface area contributed by atoms with E-state index < -0.39 is 26.6 Å². The third-order valence-electron chi connectivity index (χ3n) is 2.16. The van der Waals surface area contributed by atoms with Crippen LogP contribution in [0.15, 0.2) is 21.5 Å². The molecule has 2 N–H and O–H groups in total. The van der Waals surface area contributed by atoms with Gasteiger partial charge in [0.05, 0.1) is 4.47 Å². The second-order valence-electron chi connectivity index (χ2n) is 3.55. The lowest BCUT2D eigenvalue weighted by molar-refractivity contribution is 0.539. The molecule has 0 aliphatic rings. The van der Waals surface area contributed by atoms with Gasteiger partial charge in [0.15, 0.2) is 0 Å². The van der Waals surface area contributed by atoms with E-state index in [2.05, 4.69) is 26.0 Å². The monoisotopic (exact) mass is 342 g/mol. The van der Waals surface area contributed by atoms with Gasteiger partial charge in [0.25, 0.3) is 0 Å². The van der Waals surface area contributed by atoms with Crippen LogP contribution in [0.25, 0.3) is 0 Å². The van der Waals surface area contributed by atoms with Crippen LogP contribution in [0.4, 0.5) is 8.78 Å². The molecule has 0 aliphatic heterocycles. The minimum atomic E-state index is -3.96. The maximum atomic E-state index is 13.4. The summed E-state index contributed by atoms with van der Waals surface area (Å²) in [7, 11) is -2.22. The second kappa shape index (κ2) is 6.55. The quantitative estimate of drug-likeness (QED) is 0.610.